The highest BCUT2D eigenvalue weighted by Gasteiger charge is 2.53. The minimum Gasteiger partial charge on any atom is -0.388 e. The van der Waals surface area contributed by atoms with Crippen LogP contribution in [0, 0.1) is 0 Å². The van der Waals surface area contributed by atoms with Crippen LogP contribution in [0.4, 0.5) is 16.0 Å². The van der Waals surface area contributed by atoms with E-state index in [1.807, 2.05) is 0 Å². The number of nitrogen functional groups attached to an aromatic ring is 2. The number of hydrogen-bond acceptors (Lipinski definition) is 15. The second-order valence-electron chi connectivity index (χ2n) is 9.77. The molecule has 41 heavy (non-hydrogen) atoms. The molecule has 0 amide bonds. The van der Waals surface area contributed by atoms with Crippen LogP contribution in [-0.2, 0) is 27.8 Å². The first kappa shape index (κ1) is 26.5. The van der Waals surface area contributed by atoms with Gasteiger partial charge in [0.1, 0.15) is 61.0 Å². The molecule has 20 heteroatoms. The molecule has 0 aromatic carbocycles. The molecule has 3 fully saturated rings. The molecule has 218 valence electrons. The summed E-state index contributed by atoms with van der Waals surface area (Å²) in [7, 11) is -4.98. The highest BCUT2D eigenvalue weighted by Crippen LogP contribution is 2.53. The molecule has 4 aromatic heterocycles. The molecule has 2 saturated heterocycles. The van der Waals surface area contributed by atoms with Gasteiger partial charge in [0.25, 0.3) is 0 Å². The Morgan fingerprint density at radius 3 is 2.29 bits per heavy atom. The van der Waals surface area contributed by atoms with Crippen LogP contribution in [0.3, 0.4) is 0 Å². The highest BCUT2D eigenvalue weighted by atomic mass is 31.2. The number of ether oxygens (including phenoxy) is 3. The number of halogens is 1. The van der Waals surface area contributed by atoms with Gasteiger partial charge in [-0.2, -0.15) is 0 Å². The van der Waals surface area contributed by atoms with Crippen LogP contribution in [0.1, 0.15) is 18.7 Å². The summed E-state index contributed by atoms with van der Waals surface area (Å²) in [6, 6.07) is -0.656. The number of nitrogens with zero attached hydrogens (tertiary/aromatic N) is 8. The van der Waals surface area contributed by atoms with E-state index in [1.165, 1.54) is 29.9 Å². The maximum absolute atomic E-state index is 15.9. The van der Waals surface area contributed by atoms with Crippen molar-refractivity contribution in [3.63, 3.8) is 0 Å². The molecule has 6 N–H and O–H groups in total. The van der Waals surface area contributed by atoms with Crippen LogP contribution < -0.4 is 11.5 Å². The molecule has 1 aliphatic carbocycles. The molecule has 0 radical (unpaired) electrons. The molecule has 4 aromatic rings. The van der Waals surface area contributed by atoms with Crippen molar-refractivity contribution in [3.05, 3.63) is 25.3 Å². The number of phosphoric acid groups is 1. The molecular formula is C21H24FN10O8P. The number of phosphoric ester groups is 1. The number of aliphatic hydroxyl groups excluding tert-OH is 1. The second-order valence-corrected chi connectivity index (χ2v) is 11.1. The maximum Gasteiger partial charge on any atom is 0.473 e. The van der Waals surface area contributed by atoms with Crippen molar-refractivity contribution in [1.29, 1.82) is 0 Å². The summed E-state index contributed by atoms with van der Waals surface area (Å²) in [6.07, 6.45) is -4.55. The van der Waals surface area contributed by atoms with Crippen LogP contribution >= 0.6 is 7.82 Å². The zero-order valence-electron chi connectivity index (χ0n) is 21.0. The number of alkyl halides is 1. The van der Waals surface area contributed by atoms with E-state index in [0.717, 1.165) is 0 Å². The van der Waals surface area contributed by atoms with Crippen molar-refractivity contribution < 1.29 is 42.2 Å². The Morgan fingerprint density at radius 1 is 0.927 bits per heavy atom. The predicted molar refractivity (Wildman–Crippen MR) is 133 cm³/mol. The largest absolute Gasteiger partial charge is 0.473 e. The third kappa shape index (κ3) is 4.41. The van der Waals surface area contributed by atoms with Gasteiger partial charge in [0.2, 0.25) is 0 Å². The molecule has 2 bridgehead atoms. The number of fused-ring (bicyclic) bond motifs is 5. The summed E-state index contributed by atoms with van der Waals surface area (Å²) < 4.78 is 60.0. The highest BCUT2D eigenvalue weighted by molar-refractivity contribution is 7.47. The average molecular weight is 594 g/mol. The van der Waals surface area contributed by atoms with Crippen molar-refractivity contribution >= 4 is 41.8 Å². The molecule has 18 nitrogen and oxygen atoms in total. The van der Waals surface area contributed by atoms with E-state index in [0.29, 0.717) is 11.2 Å². The minimum atomic E-state index is -4.98. The lowest BCUT2D eigenvalue weighted by atomic mass is 10.1. The minimum absolute atomic E-state index is 0.0104. The molecule has 3 aliphatic rings. The predicted octanol–water partition coefficient (Wildman–Crippen LogP) is -0.384. The van der Waals surface area contributed by atoms with E-state index in [9.17, 15) is 14.6 Å². The van der Waals surface area contributed by atoms with Gasteiger partial charge in [0.15, 0.2) is 35.3 Å². The van der Waals surface area contributed by atoms with Crippen LogP contribution in [0.15, 0.2) is 25.3 Å². The van der Waals surface area contributed by atoms with Gasteiger partial charge in [0.05, 0.1) is 25.3 Å². The van der Waals surface area contributed by atoms with Gasteiger partial charge in [-0.15, -0.1) is 0 Å². The smallest absolute Gasteiger partial charge is 0.388 e. The maximum atomic E-state index is 15.9. The number of hydrogen-bond donors (Lipinski definition) is 4. The third-order valence-corrected chi connectivity index (χ3v) is 8.44. The quantitative estimate of drug-likeness (QED) is 0.216. The summed E-state index contributed by atoms with van der Waals surface area (Å²) in [5.41, 5.74) is 12.9. The molecule has 9 atom stereocenters. The zero-order chi connectivity index (χ0) is 28.5. The lowest BCUT2D eigenvalue weighted by Crippen LogP contribution is -2.38. The monoisotopic (exact) mass is 594 g/mol. The molecule has 1 saturated carbocycles. The Kier molecular flexibility index (Phi) is 6.36. The summed E-state index contributed by atoms with van der Waals surface area (Å²) in [5, 5.41) is 11.0. The third-order valence-electron chi connectivity index (χ3n) is 7.39. The van der Waals surface area contributed by atoms with Gasteiger partial charge in [0, 0.05) is 6.42 Å². The summed E-state index contributed by atoms with van der Waals surface area (Å²) in [4.78, 5) is 35.1. The Labute approximate surface area is 229 Å². The normalized spacial score (nSPS) is 36.3. The first-order chi connectivity index (χ1) is 19.7. The SMILES string of the molecule is Nc1ncnc2c1ncn2[C@@H]1C[C@@H]2OP(=O)(O)O[C@H]3[C@@H](F)[C@H](n4cnc5c(N)ncnc54)O[C@@H]3COCO[C@@H]1[C@@H]2O. The fourth-order valence-corrected chi connectivity index (χ4v) is 6.69. The summed E-state index contributed by atoms with van der Waals surface area (Å²) >= 11 is 0. The number of anilines is 2. The molecule has 0 spiro atoms. The number of aliphatic hydroxyl groups is 1. The molecule has 6 heterocycles. The number of aromatic nitrogens is 8. The van der Waals surface area contributed by atoms with E-state index in [-0.39, 0.29) is 42.6 Å². The van der Waals surface area contributed by atoms with E-state index in [4.69, 9.17) is 34.7 Å². The van der Waals surface area contributed by atoms with Crippen molar-refractivity contribution in [2.24, 2.45) is 0 Å². The first-order valence-electron chi connectivity index (χ1n) is 12.4. The number of rotatable bonds is 2. The van der Waals surface area contributed by atoms with Gasteiger partial charge < -0.3 is 40.2 Å². The first-order valence-corrected chi connectivity index (χ1v) is 13.9. The number of nitrogens with two attached hydrogens (primary N) is 2. The average Bonchev–Trinajstić information content (AvgIpc) is 3.69. The second kappa shape index (κ2) is 9.85. The van der Waals surface area contributed by atoms with Crippen LogP contribution in [0.5, 0.6) is 0 Å². The van der Waals surface area contributed by atoms with E-state index in [2.05, 4.69) is 29.9 Å². The van der Waals surface area contributed by atoms with E-state index >= 15 is 4.39 Å². The van der Waals surface area contributed by atoms with Crippen molar-refractivity contribution in [2.45, 2.75) is 55.4 Å². The van der Waals surface area contributed by atoms with Crippen molar-refractivity contribution in [2.75, 3.05) is 24.9 Å². The van der Waals surface area contributed by atoms with Crippen molar-refractivity contribution in [1.82, 2.24) is 39.0 Å². The molecular weight excluding hydrogens is 570 g/mol. The topological polar surface area (TPSA) is 243 Å². The van der Waals surface area contributed by atoms with E-state index in [1.54, 1.807) is 4.57 Å². The van der Waals surface area contributed by atoms with Gasteiger partial charge >= 0.3 is 7.82 Å². The van der Waals surface area contributed by atoms with Crippen LogP contribution in [0.2, 0.25) is 0 Å². The van der Waals surface area contributed by atoms with Gasteiger partial charge in [-0.1, -0.05) is 0 Å². The van der Waals surface area contributed by atoms with Gasteiger partial charge in [-0.3, -0.25) is 13.6 Å². The summed E-state index contributed by atoms with van der Waals surface area (Å²) in [5.74, 6) is 0.246. The lowest BCUT2D eigenvalue weighted by molar-refractivity contribution is -0.157. The Morgan fingerprint density at radius 2 is 1.59 bits per heavy atom. The molecule has 7 rings (SSSR count). The molecule has 2 aliphatic heterocycles. The fourth-order valence-electron chi connectivity index (χ4n) is 5.53. The van der Waals surface area contributed by atoms with Crippen molar-refractivity contribution in [3.8, 4) is 0 Å². The Hall–Kier alpha value is -3.42. The van der Waals surface area contributed by atoms with Crippen LogP contribution in [-0.4, -0.2) is 99.1 Å². The zero-order valence-corrected chi connectivity index (χ0v) is 21.8. The Balaban J connectivity index is 1.16. The lowest BCUT2D eigenvalue weighted by Gasteiger charge is -2.27. The Bertz CT molecular complexity index is 1660. The van der Waals surface area contributed by atoms with Gasteiger partial charge in [-0.25, -0.2) is 38.9 Å². The fraction of sp³-hybridized carbons (Fsp3) is 0.524. The number of imidazole rings is 2. The van der Waals surface area contributed by atoms with E-state index < -0.39 is 56.8 Å². The molecule has 1 unspecified atom stereocenters. The van der Waals surface area contributed by atoms with Gasteiger partial charge in [-0.05, 0) is 0 Å². The summed E-state index contributed by atoms with van der Waals surface area (Å²) in [6.45, 7) is -0.628. The standard InChI is InChI=1S/C21H24FN10O8P/c22-11-16-10(38-21(11)32-6-30-13-18(24)26-4-28-20(13)32)2-36-7-37-15-8(1-9(14(15)33)39-41(34,35)40-16)31-5-29-12-17(23)25-3-27-19(12)31/h3-6,8-11,14-16,21,33H,1-2,7H2,(H,34,35)(H2,23,25,27)(H2,24,26,28)/t8-,9+,10-,11-,14-,15+,16-,21-/m1/s1. The van der Waals surface area contributed by atoms with Crippen LogP contribution in [0.25, 0.3) is 22.3 Å².